The first-order valence-corrected chi connectivity index (χ1v) is 5.00. The molecule has 2 N–H and O–H groups in total. The molecule has 1 rings (SSSR count). The number of hydrogen-bond donors (Lipinski definition) is 2. The van der Waals surface area contributed by atoms with Gasteiger partial charge in [-0.1, -0.05) is 27.7 Å². The molecular formula is C10H22N2. The van der Waals surface area contributed by atoms with Gasteiger partial charge in [0.15, 0.2) is 0 Å². The average Bonchev–Trinajstić information content (AvgIpc) is 2.03. The summed E-state index contributed by atoms with van der Waals surface area (Å²) >= 11 is 0. The summed E-state index contributed by atoms with van der Waals surface area (Å²) in [7, 11) is 0. The Bertz CT molecular complexity index is 137. The molecule has 1 aliphatic rings. The van der Waals surface area contributed by atoms with E-state index in [1.807, 2.05) is 0 Å². The lowest BCUT2D eigenvalue weighted by atomic mass is 9.85. The number of piperazine rings is 1. The fraction of sp³-hybridized carbons (Fsp3) is 1.00. The molecule has 1 heterocycles. The van der Waals surface area contributed by atoms with Crippen LogP contribution in [0.5, 0.6) is 0 Å². The lowest BCUT2D eigenvalue weighted by Gasteiger charge is -2.39. The summed E-state index contributed by atoms with van der Waals surface area (Å²) < 4.78 is 0. The molecule has 0 radical (unpaired) electrons. The van der Waals surface area contributed by atoms with E-state index in [2.05, 4.69) is 38.3 Å². The molecule has 12 heavy (non-hydrogen) atoms. The van der Waals surface area contributed by atoms with Gasteiger partial charge in [0.2, 0.25) is 0 Å². The zero-order chi connectivity index (χ0) is 9.19. The Morgan fingerprint density at radius 3 is 2.42 bits per heavy atom. The van der Waals surface area contributed by atoms with Crippen LogP contribution in [0.3, 0.4) is 0 Å². The summed E-state index contributed by atoms with van der Waals surface area (Å²) in [5.41, 5.74) is 0.376. The van der Waals surface area contributed by atoms with Crippen molar-refractivity contribution in [3.63, 3.8) is 0 Å². The van der Waals surface area contributed by atoms with E-state index in [-0.39, 0.29) is 0 Å². The zero-order valence-corrected chi connectivity index (χ0v) is 8.78. The van der Waals surface area contributed by atoms with Crippen LogP contribution in [0.1, 0.15) is 34.1 Å². The van der Waals surface area contributed by atoms with Crippen molar-refractivity contribution < 1.29 is 0 Å². The largest absolute Gasteiger partial charge is 0.314 e. The van der Waals surface area contributed by atoms with E-state index in [0.29, 0.717) is 17.5 Å². The molecule has 0 aromatic carbocycles. The predicted octanol–water partition coefficient (Wildman–Crippen LogP) is 1.37. The van der Waals surface area contributed by atoms with Gasteiger partial charge in [0, 0.05) is 25.2 Å². The van der Waals surface area contributed by atoms with Crippen LogP contribution >= 0.6 is 0 Å². The molecule has 1 fully saturated rings. The molecule has 0 amide bonds. The first-order chi connectivity index (χ1) is 5.54. The average molecular weight is 170 g/mol. The lowest BCUT2D eigenvalue weighted by molar-refractivity contribution is 0.204. The quantitative estimate of drug-likeness (QED) is 0.621. The molecule has 0 spiro atoms. The maximum atomic E-state index is 3.68. The van der Waals surface area contributed by atoms with Crippen LogP contribution in [0.2, 0.25) is 0 Å². The van der Waals surface area contributed by atoms with Crippen LogP contribution in [0.4, 0.5) is 0 Å². The van der Waals surface area contributed by atoms with Crippen LogP contribution in [-0.2, 0) is 0 Å². The molecule has 2 heteroatoms. The highest BCUT2D eigenvalue weighted by Gasteiger charge is 2.28. The number of rotatable bonds is 1. The van der Waals surface area contributed by atoms with Crippen molar-refractivity contribution in [2.75, 3.05) is 13.1 Å². The van der Waals surface area contributed by atoms with Gasteiger partial charge < -0.3 is 10.6 Å². The fourth-order valence-corrected chi connectivity index (χ4v) is 1.62. The molecule has 1 saturated heterocycles. The van der Waals surface area contributed by atoms with E-state index in [9.17, 15) is 0 Å². The zero-order valence-electron chi connectivity index (χ0n) is 8.78. The molecule has 72 valence electrons. The van der Waals surface area contributed by atoms with E-state index in [0.717, 1.165) is 13.1 Å². The van der Waals surface area contributed by atoms with Gasteiger partial charge in [0.25, 0.3) is 0 Å². The second-order valence-electron chi connectivity index (χ2n) is 4.85. The minimum atomic E-state index is 0.376. The van der Waals surface area contributed by atoms with Gasteiger partial charge in [-0.3, -0.25) is 0 Å². The smallest absolute Gasteiger partial charge is 0.0244 e. The molecule has 1 unspecified atom stereocenters. The van der Waals surface area contributed by atoms with E-state index in [1.54, 1.807) is 0 Å². The third kappa shape index (κ3) is 2.46. The van der Waals surface area contributed by atoms with Gasteiger partial charge in [-0.25, -0.2) is 0 Å². The second-order valence-corrected chi connectivity index (χ2v) is 4.85. The third-order valence-electron chi connectivity index (χ3n) is 2.71. The van der Waals surface area contributed by atoms with Crippen LogP contribution in [0, 0.1) is 5.41 Å². The van der Waals surface area contributed by atoms with Crippen LogP contribution in [0.15, 0.2) is 0 Å². The maximum absolute atomic E-state index is 3.68. The molecule has 0 aromatic rings. The van der Waals surface area contributed by atoms with Gasteiger partial charge in [-0.15, -0.1) is 0 Å². The van der Waals surface area contributed by atoms with Crippen molar-refractivity contribution in [3.05, 3.63) is 0 Å². The summed E-state index contributed by atoms with van der Waals surface area (Å²) in [6.45, 7) is 11.4. The van der Waals surface area contributed by atoms with E-state index >= 15 is 0 Å². The van der Waals surface area contributed by atoms with Gasteiger partial charge in [0.1, 0.15) is 0 Å². The van der Waals surface area contributed by atoms with Gasteiger partial charge >= 0.3 is 0 Å². The van der Waals surface area contributed by atoms with E-state index < -0.39 is 0 Å². The van der Waals surface area contributed by atoms with Crippen molar-refractivity contribution in [1.82, 2.24) is 10.6 Å². The van der Waals surface area contributed by atoms with Gasteiger partial charge in [0.05, 0.1) is 0 Å². The fourth-order valence-electron chi connectivity index (χ4n) is 1.62. The highest BCUT2D eigenvalue weighted by atomic mass is 15.1. The molecule has 0 bridgehead atoms. The summed E-state index contributed by atoms with van der Waals surface area (Å²) in [6, 6.07) is 1.29. The van der Waals surface area contributed by atoms with E-state index in [1.165, 1.54) is 6.42 Å². The van der Waals surface area contributed by atoms with Crippen LogP contribution < -0.4 is 10.6 Å². The molecular weight excluding hydrogens is 148 g/mol. The second kappa shape index (κ2) is 3.75. The molecule has 0 saturated carbocycles. The molecule has 2 nitrogen and oxygen atoms in total. The minimum Gasteiger partial charge on any atom is -0.314 e. The Balaban J connectivity index is 2.46. The predicted molar refractivity (Wildman–Crippen MR) is 53.3 cm³/mol. The summed E-state index contributed by atoms with van der Waals surface area (Å²) in [6.07, 6.45) is 1.22. The number of hydrogen-bond acceptors (Lipinski definition) is 2. The third-order valence-corrected chi connectivity index (χ3v) is 2.71. The minimum absolute atomic E-state index is 0.376. The highest BCUT2D eigenvalue weighted by molar-refractivity contribution is 4.89. The SMILES string of the molecule is CCC1CNC[C@@H](C(C)(C)C)N1. The van der Waals surface area contributed by atoms with Crippen molar-refractivity contribution in [2.24, 2.45) is 5.41 Å². The molecule has 2 atom stereocenters. The summed E-state index contributed by atoms with van der Waals surface area (Å²) in [4.78, 5) is 0. The summed E-state index contributed by atoms with van der Waals surface area (Å²) in [5.74, 6) is 0. The Kier molecular flexibility index (Phi) is 3.13. The van der Waals surface area contributed by atoms with Crippen molar-refractivity contribution in [1.29, 1.82) is 0 Å². The standard InChI is InChI=1S/C10H22N2/c1-5-8-6-11-7-9(12-8)10(2,3)4/h8-9,11-12H,5-7H2,1-4H3/t8?,9-/m0/s1. The number of nitrogens with one attached hydrogen (secondary N) is 2. The topological polar surface area (TPSA) is 24.1 Å². The molecule has 0 aromatic heterocycles. The molecule has 0 aliphatic carbocycles. The van der Waals surface area contributed by atoms with Crippen molar-refractivity contribution >= 4 is 0 Å². The normalized spacial score (nSPS) is 32.0. The highest BCUT2D eigenvalue weighted by Crippen LogP contribution is 2.20. The Morgan fingerprint density at radius 2 is 1.92 bits per heavy atom. The first-order valence-electron chi connectivity index (χ1n) is 5.00. The van der Waals surface area contributed by atoms with Crippen LogP contribution in [-0.4, -0.2) is 25.2 Å². The van der Waals surface area contributed by atoms with Gasteiger partial charge in [-0.2, -0.15) is 0 Å². The van der Waals surface area contributed by atoms with Crippen molar-refractivity contribution in [3.8, 4) is 0 Å². The Labute approximate surface area is 76.1 Å². The van der Waals surface area contributed by atoms with Crippen molar-refractivity contribution in [2.45, 2.75) is 46.2 Å². The monoisotopic (exact) mass is 170 g/mol. The Hall–Kier alpha value is -0.0800. The molecule has 1 aliphatic heterocycles. The summed E-state index contributed by atoms with van der Waals surface area (Å²) in [5, 5.41) is 7.16. The maximum Gasteiger partial charge on any atom is 0.0244 e. The van der Waals surface area contributed by atoms with Crippen LogP contribution in [0.25, 0.3) is 0 Å². The Morgan fingerprint density at radius 1 is 1.25 bits per heavy atom. The first kappa shape index (κ1) is 10.0. The van der Waals surface area contributed by atoms with E-state index in [4.69, 9.17) is 0 Å². The lowest BCUT2D eigenvalue weighted by Crippen LogP contribution is -2.59. The van der Waals surface area contributed by atoms with Gasteiger partial charge in [-0.05, 0) is 11.8 Å².